The van der Waals surface area contributed by atoms with Crippen LogP contribution in [0.1, 0.15) is 5.56 Å². The number of nitrogens with zero attached hydrogens (tertiary/aromatic N) is 1. The van der Waals surface area contributed by atoms with Gasteiger partial charge < -0.3 is 19.5 Å². The molecule has 0 unspecified atom stereocenters. The lowest BCUT2D eigenvalue weighted by atomic mass is 10.0. The summed E-state index contributed by atoms with van der Waals surface area (Å²) in [5.41, 5.74) is 0.896. The van der Waals surface area contributed by atoms with Crippen molar-refractivity contribution < 1.29 is 32.6 Å². The van der Waals surface area contributed by atoms with Crippen LogP contribution in [-0.4, -0.2) is 25.7 Å². The molecular weight excluding hydrogens is 434 g/mol. The number of benzene rings is 3. The van der Waals surface area contributed by atoms with Crippen molar-refractivity contribution in [1.29, 1.82) is 0 Å². The van der Waals surface area contributed by atoms with Gasteiger partial charge in [0.15, 0.2) is 23.1 Å². The Labute approximate surface area is 186 Å². The highest BCUT2D eigenvalue weighted by Crippen LogP contribution is 2.38. The van der Waals surface area contributed by atoms with E-state index >= 15 is 0 Å². The second kappa shape index (κ2) is 7.94. The number of hydrogen-bond donors (Lipinski definition) is 1. The van der Waals surface area contributed by atoms with Gasteiger partial charge in [-0.15, -0.1) is 0 Å². The molecule has 0 radical (unpaired) electrons. The zero-order chi connectivity index (χ0) is 23.1. The molecule has 0 saturated carbocycles. The Morgan fingerprint density at radius 1 is 0.879 bits per heavy atom. The van der Waals surface area contributed by atoms with Crippen LogP contribution in [0.3, 0.4) is 0 Å². The highest BCUT2D eigenvalue weighted by molar-refractivity contribution is 6.46. The lowest BCUT2D eigenvalue weighted by molar-refractivity contribution is -0.120. The Bertz CT molecular complexity index is 1320. The number of ether oxygens (including phenoxy) is 3. The number of fused-ring (bicyclic) bond motifs is 1. The number of anilines is 2. The van der Waals surface area contributed by atoms with Gasteiger partial charge in [-0.2, -0.15) is 0 Å². The molecule has 0 aliphatic carbocycles. The fourth-order valence-electron chi connectivity index (χ4n) is 3.65. The normalized spacial score (nSPS) is 14.8. The molecule has 0 bridgehead atoms. The minimum Gasteiger partial charge on any atom is -0.497 e. The van der Waals surface area contributed by atoms with Gasteiger partial charge in [-0.25, -0.2) is 13.7 Å². The molecule has 0 atom stereocenters. The fraction of sp³-hybridized carbons (Fsp3) is 0.0833. The maximum atomic E-state index is 13.9. The first kappa shape index (κ1) is 20.5. The summed E-state index contributed by atoms with van der Waals surface area (Å²) < 4.78 is 43.1. The van der Waals surface area contributed by atoms with Gasteiger partial charge in [0.2, 0.25) is 6.79 Å². The minimum atomic E-state index is -1.17. The number of hydrogen-bond acceptors (Lipinski definition) is 6. The molecule has 3 aromatic carbocycles. The van der Waals surface area contributed by atoms with Gasteiger partial charge in [0, 0.05) is 17.8 Å². The van der Waals surface area contributed by atoms with E-state index < -0.39 is 23.4 Å². The Balaban J connectivity index is 1.59. The summed E-state index contributed by atoms with van der Waals surface area (Å²) in [5, 5.41) is 2.99. The van der Waals surface area contributed by atoms with E-state index in [1.54, 1.807) is 42.5 Å². The zero-order valence-corrected chi connectivity index (χ0v) is 17.2. The van der Waals surface area contributed by atoms with Crippen molar-refractivity contribution in [3.8, 4) is 17.2 Å². The molecule has 2 aliphatic rings. The first-order valence-corrected chi connectivity index (χ1v) is 9.85. The number of carbonyl (C=O) groups excluding carboxylic acids is 2. The van der Waals surface area contributed by atoms with Gasteiger partial charge in [0.05, 0.1) is 18.4 Å². The van der Waals surface area contributed by atoms with E-state index in [4.69, 9.17) is 14.2 Å². The van der Waals surface area contributed by atoms with E-state index in [-0.39, 0.29) is 23.8 Å². The first-order chi connectivity index (χ1) is 16.0. The predicted octanol–water partition coefficient (Wildman–Crippen LogP) is 4.10. The average Bonchev–Trinajstić information content (AvgIpc) is 3.38. The second-order valence-corrected chi connectivity index (χ2v) is 7.22. The number of methoxy groups -OCH3 is 1. The summed E-state index contributed by atoms with van der Waals surface area (Å²) in [6.45, 7) is 0.0832. The molecular formula is C24H16F2N2O5. The topological polar surface area (TPSA) is 77.1 Å². The molecule has 9 heteroatoms. The zero-order valence-electron chi connectivity index (χ0n) is 17.2. The van der Waals surface area contributed by atoms with Crippen LogP contribution in [0.25, 0.3) is 5.57 Å². The van der Waals surface area contributed by atoms with E-state index in [0.717, 1.165) is 17.0 Å². The van der Waals surface area contributed by atoms with Crippen molar-refractivity contribution in [1.82, 2.24) is 0 Å². The van der Waals surface area contributed by atoms with Crippen LogP contribution < -0.4 is 24.4 Å². The van der Waals surface area contributed by atoms with Crippen molar-refractivity contribution in [2.45, 2.75) is 0 Å². The van der Waals surface area contributed by atoms with Gasteiger partial charge in [0.25, 0.3) is 11.8 Å². The molecule has 2 amide bonds. The third-order valence-electron chi connectivity index (χ3n) is 5.27. The van der Waals surface area contributed by atoms with Crippen molar-refractivity contribution in [2.24, 2.45) is 0 Å². The summed E-state index contributed by atoms with van der Waals surface area (Å²) >= 11 is 0. The molecule has 0 aromatic heterocycles. The van der Waals surface area contributed by atoms with Crippen LogP contribution in [0.5, 0.6) is 17.2 Å². The number of halogens is 2. The molecule has 2 heterocycles. The Morgan fingerprint density at radius 3 is 2.36 bits per heavy atom. The maximum Gasteiger partial charge on any atom is 0.282 e. The molecule has 166 valence electrons. The summed E-state index contributed by atoms with van der Waals surface area (Å²) in [7, 11) is 1.51. The van der Waals surface area contributed by atoms with Crippen LogP contribution in [0.2, 0.25) is 0 Å². The Kier molecular flexibility index (Phi) is 4.93. The molecule has 0 saturated heterocycles. The van der Waals surface area contributed by atoms with Crippen LogP contribution >= 0.6 is 0 Å². The van der Waals surface area contributed by atoms with E-state index in [1.165, 1.54) is 13.2 Å². The SMILES string of the molecule is COc1ccc(C2=C(Nc3ccc4c(c3)OCO4)C(=O)N(c3ccc(F)c(F)c3)C2=O)cc1. The molecule has 0 fully saturated rings. The van der Waals surface area contributed by atoms with Crippen LogP contribution in [-0.2, 0) is 9.59 Å². The number of imide groups is 1. The first-order valence-electron chi connectivity index (χ1n) is 9.85. The third kappa shape index (κ3) is 3.53. The lowest BCUT2D eigenvalue weighted by Crippen LogP contribution is -2.32. The molecule has 2 aliphatic heterocycles. The van der Waals surface area contributed by atoms with Crippen LogP contribution in [0.15, 0.2) is 66.4 Å². The summed E-state index contributed by atoms with van der Waals surface area (Å²) in [6, 6.07) is 14.4. The average molecular weight is 450 g/mol. The summed E-state index contributed by atoms with van der Waals surface area (Å²) in [4.78, 5) is 27.5. The van der Waals surface area contributed by atoms with E-state index in [1.807, 2.05) is 0 Å². The Hall–Kier alpha value is -4.40. The highest BCUT2D eigenvalue weighted by atomic mass is 19.2. The van der Waals surface area contributed by atoms with Crippen LogP contribution in [0, 0.1) is 11.6 Å². The number of nitrogens with one attached hydrogen (secondary N) is 1. The van der Waals surface area contributed by atoms with E-state index in [2.05, 4.69) is 5.32 Å². The monoisotopic (exact) mass is 450 g/mol. The summed E-state index contributed by atoms with van der Waals surface area (Å²) in [6.07, 6.45) is 0. The van der Waals surface area contributed by atoms with E-state index in [0.29, 0.717) is 28.5 Å². The van der Waals surface area contributed by atoms with Crippen molar-refractivity contribution in [2.75, 3.05) is 24.1 Å². The van der Waals surface area contributed by atoms with Gasteiger partial charge in [-0.05, 0) is 42.0 Å². The highest BCUT2D eigenvalue weighted by Gasteiger charge is 2.40. The van der Waals surface area contributed by atoms with Gasteiger partial charge >= 0.3 is 0 Å². The van der Waals surface area contributed by atoms with Gasteiger partial charge in [-0.1, -0.05) is 12.1 Å². The van der Waals surface area contributed by atoms with Crippen molar-refractivity contribution in [3.05, 3.63) is 83.6 Å². The minimum absolute atomic E-state index is 0.0197. The fourth-order valence-corrected chi connectivity index (χ4v) is 3.65. The Morgan fingerprint density at radius 2 is 1.64 bits per heavy atom. The standard InChI is InChI=1S/C24H16F2N2O5/c1-31-16-6-2-13(3-7-16)21-22(27-14-4-9-19-20(10-14)33-12-32-19)24(30)28(23(21)29)15-5-8-17(25)18(26)11-15/h2-11,27H,12H2,1H3. The predicted molar refractivity (Wildman–Crippen MR) is 115 cm³/mol. The number of carbonyl (C=O) groups is 2. The quantitative estimate of drug-likeness (QED) is 0.590. The molecule has 7 nitrogen and oxygen atoms in total. The van der Waals surface area contributed by atoms with Crippen molar-refractivity contribution in [3.63, 3.8) is 0 Å². The molecule has 5 rings (SSSR count). The third-order valence-corrected chi connectivity index (χ3v) is 5.27. The maximum absolute atomic E-state index is 13.9. The van der Waals surface area contributed by atoms with Crippen molar-refractivity contribution >= 4 is 28.8 Å². The van der Waals surface area contributed by atoms with Gasteiger partial charge in [-0.3, -0.25) is 9.59 Å². The lowest BCUT2D eigenvalue weighted by Gasteiger charge is -2.15. The molecule has 1 N–H and O–H groups in total. The summed E-state index contributed by atoms with van der Waals surface area (Å²) in [5.74, 6) is -2.04. The van der Waals surface area contributed by atoms with Crippen LogP contribution in [0.4, 0.5) is 20.2 Å². The van der Waals surface area contributed by atoms with E-state index in [9.17, 15) is 18.4 Å². The second-order valence-electron chi connectivity index (χ2n) is 7.22. The number of rotatable bonds is 5. The largest absolute Gasteiger partial charge is 0.497 e. The molecule has 3 aromatic rings. The molecule has 0 spiro atoms. The van der Waals surface area contributed by atoms with Gasteiger partial charge in [0.1, 0.15) is 11.4 Å². The number of amides is 2. The molecule has 33 heavy (non-hydrogen) atoms. The smallest absolute Gasteiger partial charge is 0.282 e.